The van der Waals surface area contributed by atoms with Crippen LogP contribution in [0.15, 0.2) is 12.1 Å². The summed E-state index contributed by atoms with van der Waals surface area (Å²) in [5.74, 6) is 0.833. The van der Waals surface area contributed by atoms with Gasteiger partial charge in [-0.3, -0.25) is 0 Å². The fourth-order valence-corrected chi connectivity index (χ4v) is 1.72. The van der Waals surface area contributed by atoms with Gasteiger partial charge in [0.1, 0.15) is 0 Å². The van der Waals surface area contributed by atoms with Gasteiger partial charge in [-0.15, -0.1) is 0 Å². The summed E-state index contributed by atoms with van der Waals surface area (Å²) in [5, 5.41) is 0.880. The minimum Gasteiger partial charge on any atom is -0.0840 e. The Balaban J connectivity index is 2.27. The van der Waals surface area contributed by atoms with Crippen molar-refractivity contribution in [3.8, 4) is 0 Å². The molecule has 0 nitrogen and oxygen atoms in total. The van der Waals surface area contributed by atoms with E-state index in [0.717, 1.165) is 10.9 Å². The zero-order chi connectivity index (χ0) is 9.42. The SMILES string of the molecule is Cc1cc([CH]C2CC2)c(C)cc1Cl. The van der Waals surface area contributed by atoms with Gasteiger partial charge in [0.15, 0.2) is 0 Å². The molecule has 0 unspecified atom stereocenters. The molecule has 1 aromatic carbocycles. The van der Waals surface area contributed by atoms with E-state index in [9.17, 15) is 0 Å². The Morgan fingerprint density at radius 1 is 1.23 bits per heavy atom. The second-order valence-corrected chi connectivity index (χ2v) is 4.37. The van der Waals surface area contributed by atoms with Crippen LogP contribution >= 0.6 is 11.6 Å². The molecule has 0 bridgehead atoms. The van der Waals surface area contributed by atoms with Crippen molar-refractivity contribution >= 4 is 11.6 Å². The molecule has 0 amide bonds. The highest BCUT2D eigenvalue weighted by atomic mass is 35.5. The van der Waals surface area contributed by atoms with Crippen LogP contribution in [0.5, 0.6) is 0 Å². The van der Waals surface area contributed by atoms with Gasteiger partial charge in [-0.05, 0) is 61.8 Å². The Kier molecular flexibility index (Phi) is 2.33. The van der Waals surface area contributed by atoms with E-state index < -0.39 is 0 Å². The van der Waals surface area contributed by atoms with Crippen LogP contribution in [0.4, 0.5) is 0 Å². The Hall–Kier alpha value is -0.490. The molecule has 0 N–H and O–H groups in total. The van der Waals surface area contributed by atoms with E-state index >= 15 is 0 Å². The van der Waals surface area contributed by atoms with Crippen LogP contribution in [-0.2, 0) is 0 Å². The Bertz CT molecular complexity index is 324. The van der Waals surface area contributed by atoms with Crippen LogP contribution in [0.1, 0.15) is 29.5 Å². The molecule has 1 aliphatic carbocycles. The first-order chi connectivity index (χ1) is 6.16. The van der Waals surface area contributed by atoms with E-state index in [1.165, 1.54) is 29.5 Å². The summed E-state index contributed by atoms with van der Waals surface area (Å²) in [7, 11) is 0. The number of rotatable bonds is 2. The maximum absolute atomic E-state index is 6.02. The van der Waals surface area contributed by atoms with Crippen LogP contribution < -0.4 is 0 Å². The summed E-state index contributed by atoms with van der Waals surface area (Å²) in [6.07, 6.45) is 5.10. The molecule has 13 heavy (non-hydrogen) atoms. The van der Waals surface area contributed by atoms with Crippen molar-refractivity contribution in [2.75, 3.05) is 0 Å². The first-order valence-corrected chi connectivity index (χ1v) is 5.16. The van der Waals surface area contributed by atoms with Crippen molar-refractivity contribution < 1.29 is 0 Å². The zero-order valence-electron chi connectivity index (χ0n) is 8.10. The van der Waals surface area contributed by atoms with Crippen molar-refractivity contribution in [2.45, 2.75) is 26.7 Å². The van der Waals surface area contributed by atoms with Gasteiger partial charge in [0.2, 0.25) is 0 Å². The van der Waals surface area contributed by atoms with E-state index in [2.05, 4.69) is 32.4 Å². The first-order valence-electron chi connectivity index (χ1n) is 4.78. The molecule has 1 heteroatoms. The van der Waals surface area contributed by atoms with Crippen molar-refractivity contribution in [3.05, 3.63) is 40.3 Å². The largest absolute Gasteiger partial charge is 0.0840 e. The lowest BCUT2D eigenvalue weighted by Gasteiger charge is -2.07. The molecule has 0 aliphatic heterocycles. The predicted octanol–water partition coefficient (Wildman–Crippen LogP) is 3.92. The number of aryl methyl sites for hydroxylation is 2. The van der Waals surface area contributed by atoms with E-state index in [1.807, 2.05) is 0 Å². The molecule has 1 radical (unpaired) electrons. The standard InChI is InChI=1S/C12H14Cl/c1-8-6-12(13)9(2)5-11(8)7-10-3-4-10/h5-7,10H,3-4H2,1-2H3. The summed E-state index contributed by atoms with van der Waals surface area (Å²) in [6.45, 7) is 4.19. The second-order valence-electron chi connectivity index (χ2n) is 3.96. The number of hydrogen-bond acceptors (Lipinski definition) is 0. The monoisotopic (exact) mass is 193 g/mol. The van der Waals surface area contributed by atoms with Crippen molar-refractivity contribution in [3.63, 3.8) is 0 Å². The average molecular weight is 194 g/mol. The Morgan fingerprint density at radius 3 is 2.54 bits per heavy atom. The van der Waals surface area contributed by atoms with Gasteiger partial charge in [-0.1, -0.05) is 17.7 Å². The Morgan fingerprint density at radius 2 is 1.92 bits per heavy atom. The second kappa shape index (κ2) is 3.34. The maximum Gasteiger partial charge on any atom is 0.0438 e. The fraction of sp³-hybridized carbons (Fsp3) is 0.417. The van der Waals surface area contributed by atoms with E-state index in [4.69, 9.17) is 11.6 Å². The van der Waals surface area contributed by atoms with Crippen molar-refractivity contribution in [1.82, 2.24) is 0 Å². The molecule has 1 fully saturated rings. The lowest BCUT2D eigenvalue weighted by molar-refractivity contribution is 1.01. The van der Waals surface area contributed by atoms with E-state index in [1.54, 1.807) is 0 Å². The van der Waals surface area contributed by atoms with Crippen molar-refractivity contribution in [2.24, 2.45) is 5.92 Å². The molecule has 0 aromatic heterocycles. The topological polar surface area (TPSA) is 0 Å². The molecular weight excluding hydrogens is 180 g/mol. The third-order valence-corrected chi connectivity index (χ3v) is 2.99. The van der Waals surface area contributed by atoms with Gasteiger partial charge in [-0.25, -0.2) is 0 Å². The molecule has 0 atom stereocenters. The number of halogens is 1. The molecule has 1 aliphatic rings. The van der Waals surface area contributed by atoms with Gasteiger partial charge in [0.05, 0.1) is 0 Å². The zero-order valence-corrected chi connectivity index (χ0v) is 8.86. The molecule has 2 rings (SSSR count). The van der Waals surface area contributed by atoms with Gasteiger partial charge in [-0.2, -0.15) is 0 Å². The summed E-state index contributed by atoms with van der Waals surface area (Å²) in [5.41, 5.74) is 3.84. The molecule has 0 saturated heterocycles. The maximum atomic E-state index is 6.02. The molecular formula is C12H14Cl. The summed E-state index contributed by atoms with van der Waals surface area (Å²) in [4.78, 5) is 0. The molecule has 69 valence electrons. The Labute approximate surface area is 84.9 Å². The molecule has 1 saturated carbocycles. The predicted molar refractivity (Wildman–Crippen MR) is 57.1 cm³/mol. The normalized spacial score (nSPS) is 16.2. The van der Waals surface area contributed by atoms with Crippen LogP contribution in [0.25, 0.3) is 0 Å². The molecule has 0 spiro atoms. The third kappa shape index (κ3) is 2.05. The van der Waals surface area contributed by atoms with Crippen molar-refractivity contribution in [1.29, 1.82) is 0 Å². The quantitative estimate of drug-likeness (QED) is 0.668. The van der Waals surface area contributed by atoms with Gasteiger partial charge < -0.3 is 0 Å². The average Bonchev–Trinajstić information content (AvgIpc) is 2.84. The van der Waals surface area contributed by atoms with Crippen LogP contribution in [0.3, 0.4) is 0 Å². The third-order valence-electron chi connectivity index (χ3n) is 2.58. The summed E-state index contributed by atoms with van der Waals surface area (Å²) < 4.78 is 0. The highest BCUT2D eigenvalue weighted by molar-refractivity contribution is 6.31. The van der Waals surface area contributed by atoms with Crippen LogP contribution in [0.2, 0.25) is 5.02 Å². The minimum absolute atomic E-state index is 0.833. The lowest BCUT2D eigenvalue weighted by atomic mass is 10.0. The van der Waals surface area contributed by atoms with Crippen LogP contribution in [-0.4, -0.2) is 0 Å². The molecule has 0 heterocycles. The lowest BCUT2D eigenvalue weighted by Crippen LogP contribution is -1.90. The van der Waals surface area contributed by atoms with E-state index in [-0.39, 0.29) is 0 Å². The number of hydrogen-bond donors (Lipinski definition) is 0. The van der Waals surface area contributed by atoms with E-state index in [0.29, 0.717) is 0 Å². The molecule has 1 aromatic rings. The minimum atomic E-state index is 0.833. The van der Waals surface area contributed by atoms with Gasteiger partial charge in [0, 0.05) is 5.02 Å². The van der Waals surface area contributed by atoms with Gasteiger partial charge >= 0.3 is 0 Å². The smallest absolute Gasteiger partial charge is 0.0438 e. The highest BCUT2D eigenvalue weighted by Crippen LogP contribution is 2.36. The fourth-order valence-electron chi connectivity index (χ4n) is 1.50. The van der Waals surface area contributed by atoms with Crippen LogP contribution in [0, 0.1) is 26.2 Å². The summed E-state index contributed by atoms with van der Waals surface area (Å²) in [6, 6.07) is 4.25. The number of benzene rings is 1. The van der Waals surface area contributed by atoms with Gasteiger partial charge in [0.25, 0.3) is 0 Å². The highest BCUT2D eigenvalue weighted by Gasteiger charge is 2.22. The first kappa shape index (κ1) is 9.08. The summed E-state index contributed by atoms with van der Waals surface area (Å²) >= 11 is 6.02.